The molecule has 1 heterocycles. The van der Waals surface area contributed by atoms with Crippen LogP contribution < -0.4 is 5.73 Å². The summed E-state index contributed by atoms with van der Waals surface area (Å²) in [5.41, 5.74) is 5.67. The Morgan fingerprint density at radius 1 is 1.25 bits per heavy atom. The molecule has 0 radical (unpaired) electrons. The molecule has 5 heteroatoms. The van der Waals surface area contributed by atoms with Crippen LogP contribution in [0.25, 0.3) is 0 Å². The fourth-order valence-corrected chi connectivity index (χ4v) is 2.24. The Labute approximate surface area is 104 Å². The number of hydrogen-bond donors (Lipinski definition) is 1. The number of piperazine rings is 1. The lowest BCUT2D eigenvalue weighted by Gasteiger charge is -2.40. The molecular formula is C11H23N3OS. The number of nitrogens with two attached hydrogens (primary N) is 1. The average Bonchev–Trinajstić information content (AvgIpc) is 2.28. The predicted molar refractivity (Wildman–Crippen MR) is 70.7 cm³/mol. The molecule has 0 bridgehead atoms. The van der Waals surface area contributed by atoms with Crippen molar-refractivity contribution in [1.29, 1.82) is 0 Å². The molecule has 1 aliphatic heterocycles. The van der Waals surface area contributed by atoms with E-state index in [9.17, 15) is 0 Å². The third-order valence-electron chi connectivity index (χ3n) is 3.34. The lowest BCUT2D eigenvalue weighted by atomic mass is 10.2. The van der Waals surface area contributed by atoms with E-state index in [-0.39, 0.29) is 6.04 Å². The smallest absolute Gasteiger partial charge is 0.0899 e. The first-order valence-electron chi connectivity index (χ1n) is 5.82. The lowest BCUT2D eigenvalue weighted by Crippen LogP contribution is -2.55. The number of rotatable bonds is 5. The van der Waals surface area contributed by atoms with Crippen molar-refractivity contribution < 1.29 is 4.74 Å². The summed E-state index contributed by atoms with van der Waals surface area (Å²) in [7, 11) is 1.75. The quantitative estimate of drug-likeness (QED) is 0.706. The standard InChI is InChI=1S/C11H23N3OS/c1-9(8-15-3)13-4-6-14(7-5-13)10(2)11(12)16/h9-10H,4-8H2,1-3H3,(H2,12,16). The van der Waals surface area contributed by atoms with Gasteiger partial charge in [0.15, 0.2) is 0 Å². The molecule has 16 heavy (non-hydrogen) atoms. The topological polar surface area (TPSA) is 41.7 Å². The Kier molecular flexibility index (Phi) is 5.61. The fourth-order valence-electron chi connectivity index (χ4n) is 2.09. The minimum Gasteiger partial charge on any atom is -0.392 e. The molecule has 94 valence electrons. The zero-order valence-corrected chi connectivity index (χ0v) is 11.3. The minimum atomic E-state index is 0.217. The molecule has 0 amide bonds. The highest BCUT2D eigenvalue weighted by atomic mass is 32.1. The molecule has 0 aromatic heterocycles. The van der Waals surface area contributed by atoms with Gasteiger partial charge in [-0.1, -0.05) is 12.2 Å². The first-order valence-corrected chi connectivity index (χ1v) is 6.23. The average molecular weight is 245 g/mol. The molecule has 0 aliphatic carbocycles. The Morgan fingerprint density at radius 2 is 1.75 bits per heavy atom. The Morgan fingerprint density at radius 3 is 2.19 bits per heavy atom. The van der Waals surface area contributed by atoms with Crippen molar-refractivity contribution in [3.8, 4) is 0 Å². The maximum atomic E-state index is 5.67. The summed E-state index contributed by atoms with van der Waals surface area (Å²) < 4.78 is 5.17. The number of ether oxygens (including phenoxy) is 1. The van der Waals surface area contributed by atoms with Gasteiger partial charge in [-0.15, -0.1) is 0 Å². The molecule has 2 N–H and O–H groups in total. The number of methoxy groups -OCH3 is 1. The Bertz CT molecular complexity index is 229. The van der Waals surface area contributed by atoms with Crippen molar-refractivity contribution in [2.45, 2.75) is 25.9 Å². The molecule has 1 saturated heterocycles. The van der Waals surface area contributed by atoms with Gasteiger partial charge in [-0.2, -0.15) is 0 Å². The van der Waals surface area contributed by atoms with E-state index in [0.29, 0.717) is 11.0 Å². The van der Waals surface area contributed by atoms with E-state index >= 15 is 0 Å². The van der Waals surface area contributed by atoms with Gasteiger partial charge in [-0.25, -0.2) is 0 Å². The molecule has 0 aromatic rings. The van der Waals surface area contributed by atoms with Gasteiger partial charge in [0.25, 0.3) is 0 Å². The van der Waals surface area contributed by atoms with E-state index in [1.165, 1.54) is 0 Å². The normalized spacial score (nSPS) is 22.9. The second-order valence-electron chi connectivity index (χ2n) is 4.45. The van der Waals surface area contributed by atoms with Crippen molar-refractivity contribution >= 4 is 17.2 Å². The fraction of sp³-hybridized carbons (Fsp3) is 0.909. The monoisotopic (exact) mass is 245 g/mol. The lowest BCUT2D eigenvalue weighted by molar-refractivity contribution is 0.0534. The highest BCUT2D eigenvalue weighted by Gasteiger charge is 2.24. The highest BCUT2D eigenvalue weighted by Crippen LogP contribution is 2.09. The summed E-state index contributed by atoms with van der Waals surface area (Å²) in [6.07, 6.45) is 0. The van der Waals surface area contributed by atoms with Gasteiger partial charge in [-0.05, 0) is 13.8 Å². The van der Waals surface area contributed by atoms with E-state index in [0.717, 1.165) is 32.8 Å². The van der Waals surface area contributed by atoms with Gasteiger partial charge in [0.05, 0.1) is 17.6 Å². The highest BCUT2D eigenvalue weighted by molar-refractivity contribution is 7.80. The molecule has 1 rings (SSSR count). The molecule has 1 aliphatic rings. The van der Waals surface area contributed by atoms with Crippen LogP contribution in [0, 0.1) is 0 Å². The van der Waals surface area contributed by atoms with E-state index in [4.69, 9.17) is 22.7 Å². The van der Waals surface area contributed by atoms with Gasteiger partial charge < -0.3 is 10.5 Å². The first-order chi connectivity index (χ1) is 7.56. The molecule has 0 aromatic carbocycles. The van der Waals surface area contributed by atoms with Crippen LogP contribution in [-0.2, 0) is 4.74 Å². The maximum Gasteiger partial charge on any atom is 0.0899 e. The maximum absolute atomic E-state index is 5.67. The van der Waals surface area contributed by atoms with Gasteiger partial charge in [0.1, 0.15) is 0 Å². The number of thiocarbonyl (C=S) groups is 1. The summed E-state index contributed by atoms with van der Waals surface area (Å²) in [4.78, 5) is 5.39. The predicted octanol–water partition coefficient (Wildman–Crippen LogP) is 0.314. The van der Waals surface area contributed by atoms with Crippen LogP contribution in [-0.4, -0.2) is 66.8 Å². The zero-order valence-electron chi connectivity index (χ0n) is 10.5. The van der Waals surface area contributed by atoms with Gasteiger partial charge in [-0.3, -0.25) is 9.80 Å². The number of nitrogens with zero attached hydrogens (tertiary/aromatic N) is 2. The van der Waals surface area contributed by atoms with E-state index in [1.54, 1.807) is 7.11 Å². The SMILES string of the molecule is COCC(C)N1CCN(C(C)C(N)=S)CC1. The zero-order chi connectivity index (χ0) is 12.1. The van der Waals surface area contributed by atoms with Crippen LogP contribution in [0.5, 0.6) is 0 Å². The van der Waals surface area contributed by atoms with Crippen LogP contribution in [0.15, 0.2) is 0 Å². The summed E-state index contributed by atoms with van der Waals surface area (Å²) in [5.74, 6) is 0. The summed E-state index contributed by atoms with van der Waals surface area (Å²) >= 11 is 5.02. The van der Waals surface area contributed by atoms with Gasteiger partial charge >= 0.3 is 0 Å². The second kappa shape index (κ2) is 6.49. The summed E-state index contributed by atoms with van der Waals surface area (Å²) in [6, 6.07) is 0.710. The van der Waals surface area contributed by atoms with Crippen LogP contribution >= 0.6 is 12.2 Å². The molecule has 2 atom stereocenters. The third kappa shape index (κ3) is 3.66. The summed E-state index contributed by atoms with van der Waals surface area (Å²) in [5, 5.41) is 0. The molecule has 4 nitrogen and oxygen atoms in total. The van der Waals surface area contributed by atoms with E-state index in [2.05, 4.69) is 23.6 Å². The van der Waals surface area contributed by atoms with Crippen molar-refractivity contribution in [3.63, 3.8) is 0 Å². The van der Waals surface area contributed by atoms with Crippen molar-refractivity contribution in [2.24, 2.45) is 5.73 Å². The van der Waals surface area contributed by atoms with E-state index < -0.39 is 0 Å². The minimum absolute atomic E-state index is 0.217. The largest absolute Gasteiger partial charge is 0.392 e. The van der Waals surface area contributed by atoms with Crippen LogP contribution in [0.1, 0.15) is 13.8 Å². The molecule has 2 unspecified atom stereocenters. The van der Waals surface area contributed by atoms with Gasteiger partial charge in [0.2, 0.25) is 0 Å². The van der Waals surface area contributed by atoms with Crippen LogP contribution in [0.3, 0.4) is 0 Å². The van der Waals surface area contributed by atoms with Crippen molar-refractivity contribution in [1.82, 2.24) is 9.80 Å². The molecule has 0 spiro atoms. The van der Waals surface area contributed by atoms with Crippen LogP contribution in [0.2, 0.25) is 0 Å². The number of hydrogen-bond acceptors (Lipinski definition) is 4. The Hall–Kier alpha value is -0.230. The third-order valence-corrected chi connectivity index (χ3v) is 3.68. The van der Waals surface area contributed by atoms with E-state index in [1.807, 2.05) is 0 Å². The second-order valence-corrected chi connectivity index (χ2v) is 4.93. The first kappa shape index (κ1) is 13.8. The molecule has 1 fully saturated rings. The van der Waals surface area contributed by atoms with Crippen molar-refractivity contribution in [2.75, 3.05) is 39.9 Å². The van der Waals surface area contributed by atoms with Gasteiger partial charge in [0, 0.05) is 39.3 Å². The Balaban J connectivity index is 2.36. The van der Waals surface area contributed by atoms with Crippen LogP contribution in [0.4, 0.5) is 0 Å². The summed E-state index contributed by atoms with van der Waals surface area (Å²) in [6.45, 7) is 9.28. The van der Waals surface area contributed by atoms with Crippen molar-refractivity contribution in [3.05, 3.63) is 0 Å². The molecular weight excluding hydrogens is 222 g/mol. The molecule has 0 saturated carbocycles.